The van der Waals surface area contributed by atoms with Gasteiger partial charge in [-0.25, -0.2) is 4.98 Å². The number of nitrogens with two attached hydrogens (primary N) is 1. The molecule has 7 heteroatoms. The minimum atomic E-state index is 0.165. The summed E-state index contributed by atoms with van der Waals surface area (Å²) in [5.74, 6) is 4.21. The molecule has 0 amide bonds. The lowest BCUT2D eigenvalue weighted by molar-refractivity contribution is 0.891. The number of hydrogen-bond acceptors (Lipinski definition) is 6. The molecule has 1 aromatic rings. The van der Waals surface area contributed by atoms with Crippen LogP contribution in [0.2, 0.25) is 5.28 Å². The van der Waals surface area contributed by atoms with E-state index in [0.29, 0.717) is 5.82 Å². The van der Waals surface area contributed by atoms with E-state index in [1.165, 1.54) is 0 Å². The van der Waals surface area contributed by atoms with Crippen molar-refractivity contribution in [2.75, 3.05) is 23.0 Å². The third-order valence-corrected chi connectivity index (χ3v) is 4.29. The van der Waals surface area contributed by atoms with Crippen LogP contribution in [0.15, 0.2) is 0 Å². The number of thioether (sulfide) groups is 2. The summed E-state index contributed by atoms with van der Waals surface area (Å²) in [5.41, 5.74) is 5.51. The van der Waals surface area contributed by atoms with Crippen molar-refractivity contribution in [2.24, 2.45) is 0 Å². The van der Waals surface area contributed by atoms with Crippen molar-refractivity contribution in [1.82, 2.24) is 15.0 Å². The number of aromatic nitrogens is 3. The van der Waals surface area contributed by atoms with Gasteiger partial charge < -0.3 is 5.73 Å². The topological polar surface area (TPSA) is 64.7 Å². The minimum absolute atomic E-state index is 0.165. The highest BCUT2D eigenvalue weighted by Gasteiger charge is 2.11. The molecule has 0 spiro atoms. The first-order chi connectivity index (χ1) is 7.63. The summed E-state index contributed by atoms with van der Waals surface area (Å²) in [5, 5.41) is 0.359. The summed E-state index contributed by atoms with van der Waals surface area (Å²) in [4.78, 5) is 11.9. The predicted molar refractivity (Wildman–Crippen MR) is 73.1 cm³/mol. The molecule has 2 N–H and O–H groups in total. The zero-order valence-corrected chi connectivity index (χ0v) is 11.7. The molecule has 0 aliphatic rings. The Hall–Kier alpha value is -0.200. The molecule has 0 saturated heterocycles. The molecule has 0 aliphatic heterocycles. The highest BCUT2D eigenvalue weighted by atomic mass is 35.5. The van der Waals surface area contributed by atoms with Crippen molar-refractivity contribution in [3.05, 3.63) is 11.1 Å². The van der Waals surface area contributed by atoms with Gasteiger partial charge in [0.2, 0.25) is 11.2 Å². The Morgan fingerprint density at radius 3 is 2.69 bits per heavy atom. The van der Waals surface area contributed by atoms with Gasteiger partial charge >= 0.3 is 0 Å². The summed E-state index contributed by atoms with van der Waals surface area (Å²) in [7, 11) is 0. The van der Waals surface area contributed by atoms with Gasteiger partial charge in [-0.2, -0.15) is 21.7 Å². The van der Waals surface area contributed by atoms with Crippen LogP contribution >= 0.6 is 35.1 Å². The fourth-order valence-electron chi connectivity index (χ4n) is 1.07. The Morgan fingerprint density at radius 2 is 2.06 bits per heavy atom. The molecule has 90 valence electrons. The maximum Gasteiger partial charge on any atom is 0.227 e. The normalized spacial score (nSPS) is 12.7. The van der Waals surface area contributed by atoms with E-state index in [9.17, 15) is 0 Å². The molecule has 0 fully saturated rings. The number of anilines is 1. The molecule has 0 unspecified atom stereocenters. The highest BCUT2D eigenvalue weighted by Crippen LogP contribution is 2.26. The zero-order valence-electron chi connectivity index (χ0n) is 9.31. The molecule has 0 bridgehead atoms. The lowest BCUT2D eigenvalue weighted by atomic mass is 10.4. The van der Waals surface area contributed by atoms with Crippen LogP contribution in [0, 0.1) is 0 Å². The Morgan fingerprint density at radius 1 is 1.31 bits per heavy atom. The Bertz CT molecular complexity index is 317. The molecule has 0 saturated carbocycles. The van der Waals surface area contributed by atoms with Gasteiger partial charge in [-0.1, -0.05) is 6.92 Å². The second-order valence-electron chi connectivity index (χ2n) is 3.03. The van der Waals surface area contributed by atoms with Gasteiger partial charge in [-0.05, 0) is 24.3 Å². The van der Waals surface area contributed by atoms with Crippen LogP contribution in [-0.2, 0) is 0 Å². The second-order valence-corrected chi connectivity index (χ2v) is 6.21. The second kappa shape index (κ2) is 7.19. The number of nitrogens with zero attached hydrogens (tertiary/aromatic N) is 3. The van der Waals surface area contributed by atoms with Crippen LogP contribution in [-0.4, -0.2) is 32.2 Å². The average molecular weight is 279 g/mol. The molecule has 0 radical (unpaired) electrons. The van der Waals surface area contributed by atoms with Crippen LogP contribution in [0.1, 0.15) is 24.9 Å². The van der Waals surface area contributed by atoms with Gasteiger partial charge in [0.1, 0.15) is 5.82 Å². The molecule has 1 heterocycles. The van der Waals surface area contributed by atoms with Gasteiger partial charge in [0.15, 0.2) is 0 Å². The summed E-state index contributed by atoms with van der Waals surface area (Å²) >= 11 is 9.45. The Kier molecular flexibility index (Phi) is 6.23. The van der Waals surface area contributed by atoms with Crippen molar-refractivity contribution in [2.45, 2.75) is 19.1 Å². The fraction of sp³-hybridized carbons (Fsp3) is 0.667. The van der Waals surface area contributed by atoms with Gasteiger partial charge in [0.05, 0.1) is 5.25 Å². The zero-order chi connectivity index (χ0) is 12.0. The molecule has 1 atom stereocenters. The van der Waals surface area contributed by atoms with Gasteiger partial charge in [-0.15, -0.1) is 11.8 Å². The van der Waals surface area contributed by atoms with E-state index >= 15 is 0 Å². The highest BCUT2D eigenvalue weighted by molar-refractivity contribution is 8.03. The van der Waals surface area contributed by atoms with Crippen LogP contribution in [0.3, 0.4) is 0 Å². The predicted octanol–water partition coefficient (Wildman–Crippen LogP) is 2.65. The van der Waals surface area contributed by atoms with Crippen molar-refractivity contribution in [3.63, 3.8) is 0 Å². The van der Waals surface area contributed by atoms with Crippen LogP contribution < -0.4 is 5.73 Å². The van der Waals surface area contributed by atoms with Crippen molar-refractivity contribution in [3.8, 4) is 0 Å². The van der Waals surface area contributed by atoms with E-state index in [-0.39, 0.29) is 16.5 Å². The lowest BCUT2D eigenvalue weighted by Crippen LogP contribution is -2.05. The largest absolute Gasteiger partial charge is 0.368 e. The molecule has 1 aromatic heterocycles. The van der Waals surface area contributed by atoms with Gasteiger partial charge in [0, 0.05) is 11.5 Å². The maximum atomic E-state index is 5.72. The monoisotopic (exact) mass is 278 g/mol. The van der Waals surface area contributed by atoms with Crippen LogP contribution in [0.25, 0.3) is 0 Å². The Balaban J connectivity index is 2.48. The first-order valence-electron chi connectivity index (χ1n) is 4.99. The number of nitrogen functional groups attached to an aromatic ring is 1. The molecule has 4 nitrogen and oxygen atoms in total. The first-order valence-corrected chi connectivity index (χ1v) is 7.58. The quantitative estimate of drug-likeness (QED) is 0.807. The summed E-state index contributed by atoms with van der Waals surface area (Å²) < 4.78 is 0. The van der Waals surface area contributed by atoms with E-state index in [4.69, 9.17) is 17.3 Å². The van der Waals surface area contributed by atoms with Gasteiger partial charge in [-0.3, -0.25) is 0 Å². The summed E-state index contributed by atoms with van der Waals surface area (Å²) in [6.45, 7) is 4.21. The smallest absolute Gasteiger partial charge is 0.227 e. The fourth-order valence-corrected chi connectivity index (χ4v) is 2.99. The SMILES string of the molecule is CCSCCS[C@@H](C)c1nc(N)nc(Cl)n1. The molecule has 0 aliphatic carbocycles. The minimum Gasteiger partial charge on any atom is -0.368 e. The lowest BCUT2D eigenvalue weighted by Gasteiger charge is -2.09. The van der Waals surface area contributed by atoms with E-state index in [2.05, 4.69) is 21.9 Å². The maximum absolute atomic E-state index is 5.72. The standard InChI is InChI=1S/C9H15ClN4S2/c1-3-15-4-5-16-6(2)7-12-8(10)14-9(11)13-7/h6H,3-5H2,1-2H3,(H2,11,12,13,14)/t6-/m0/s1. The van der Waals surface area contributed by atoms with E-state index in [0.717, 1.165) is 17.3 Å². The third-order valence-electron chi connectivity index (χ3n) is 1.81. The summed E-state index contributed by atoms with van der Waals surface area (Å²) in [6.07, 6.45) is 0. The third kappa shape index (κ3) is 4.76. The Labute approximate surface area is 109 Å². The van der Waals surface area contributed by atoms with Gasteiger partial charge in [0.25, 0.3) is 0 Å². The molecule has 1 rings (SSSR count). The van der Waals surface area contributed by atoms with Crippen molar-refractivity contribution >= 4 is 41.1 Å². The van der Waals surface area contributed by atoms with E-state index in [1.807, 2.05) is 18.7 Å². The van der Waals surface area contributed by atoms with Crippen molar-refractivity contribution < 1.29 is 0 Å². The summed E-state index contributed by atoms with van der Waals surface area (Å²) in [6, 6.07) is 0. The molecule has 0 aromatic carbocycles. The number of halogens is 1. The molecule has 16 heavy (non-hydrogen) atoms. The number of hydrogen-bond donors (Lipinski definition) is 1. The van der Waals surface area contributed by atoms with E-state index < -0.39 is 0 Å². The van der Waals surface area contributed by atoms with Crippen molar-refractivity contribution in [1.29, 1.82) is 0 Å². The van der Waals surface area contributed by atoms with Crippen LogP contribution in [0.5, 0.6) is 0 Å². The number of rotatable bonds is 6. The van der Waals surface area contributed by atoms with E-state index in [1.54, 1.807) is 11.8 Å². The van der Waals surface area contributed by atoms with Crippen LogP contribution in [0.4, 0.5) is 5.95 Å². The first kappa shape index (κ1) is 13.9. The average Bonchev–Trinajstić information content (AvgIpc) is 2.22. The molecular weight excluding hydrogens is 264 g/mol. The molecular formula is C9H15ClN4S2.